The van der Waals surface area contributed by atoms with Crippen molar-refractivity contribution in [2.45, 2.75) is 0 Å². The number of hydrogen-bond donors (Lipinski definition) is 0. The normalized spacial score (nSPS) is 11.9. The number of pyridine rings is 1. The van der Waals surface area contributed by atoms with Gasteiger partial charge in [-0.3, -0.25) is 4.40 Å². The van der Waals surface area contributed by atoms with E-state index >= 15 is 0 Å². The van der Waals surface area contributed by atoms with Gasteiger partial charge in [-0.15, -0.1) is 21.5 Å². The first-order valence-electron chi connectivity index (χ1n) is 12.0. The lowest BCUT2D eigenvalue weighted by molar-refractivity contribution is 1.11. The van der Waals surface area contributed by atoms with Crippen LogP contribution in [0.4, 0.5) is 0 Å². The average molecular weight is 478 g/mol. The molecule has 0 amide bonds. The number of fused-ring (bicyclic) bond motifs is 7. The van der Waals surface area contributed by atoms with E-state index in [0.717, 1.165) is 22.4 Å². The molecule has 4 heteroatoms. The van der Waals surface area contributed by atoms with Gasteiger partial charge in [0.15, 0.2) is 11.5 Å². The predicted octanol–water partition coefficient (Wildman–Crippen LogP) is 8.74. The summed E-state index contributed by atoms with van der Waals surface area (Å²) >= 11 is 1.87. The molecule has 0 saturated carbocycles. The van der Waals surface area contributed by atoms with Crippen LogP contribution in [0.15, 0.2) is 115 Å². The highest BCUT2D eigenvalue weighted by Crippen LogP contribution is 2.40. The molecule has 3 nitrogen and oxygen atoms in total. The van der Waals surface area contributed by atoms with Crippen LogP contribution >= 0.6 is 11.3 Å². The second-order valence-electron chi connectivity index (χ2n) is 9.18. The van der Waals surface area contributed by atoms with E-state index in [2.05, 4.69) is 124 Å². The Morgan fingerprint density at radius 3 is 2.28 bits per heavy atom. The summed E-state index contributed by atoms with van der Waals surface area (Å²) < 4.78 is 4.75. The molecule has 0 atom stereocenters. The minimum atomic E-state index is 0.856. The number of nitrogens with zero attached hydrogens (tertiary/aromatic N) is 3. The Bertz CT molecular complexity index is 2120. The molecule has 0 unspecified atom stereocenters. The highest BCUT2D eigenvalue weighted by Gasteiger charge is 2.13. The summed E-state index contributed by atoms with van der Waals surface area (Å²) in [5.74, 6) is 0.856. The Morgan fingerprint density at radius 2 is 1.33 bits per heavy atom. The van der Waals surface area contributed by atoms with Gasteiger partial charge in [-0.2, -0.15) is 0 Å². The molecular formula is C32H19N3S. The summed E-state index contributed by atoms with van der Waals surface area (Å²) in [6.07, 6.45) is 2.07. The van der Waals surface area contributed by atoms with Gasteiger partial charge in [0.1, 0.15) is 0 Å². The first kappa shape index (κ1) is 19.7. The Kier molecular flexibility index (Phi) is 4.10. The predicted molar refractivity (Wildman–Crippen MR) is 152 cm³/mol. The lowest BCUT2D eigenvalue weighted by Gasteiger charge is -2.08. The van der Waals surface area contributed by atoms with E-state index in [0.29, 0.717) is 0 Å². The summed E-state index contributed by atoms with van der Waals surface area (Å²) in [4.78, 5) is 0. The van der Waals surface area contributed by atoms with Gasteiger partial charge in [0, 0.05) is 37.3 Å². The van der Waals surface area contributed by atoms with Gasteiger partial charge in [0.25, 0.3) is 0 Å². The third-order valence-corrected chi connectivity index (χ3v) is 8.33. The second-order valence-corrected chi connectivity index (χ2v) is 10.2. The number of rotatable bonds is 2. The molecule has 168 valence electrons. The molecule has 8 aromatic rings. The van der Waals surface area contributed by atoms with Crippen LogP contribution in [-0.4, -0.2) is 14.6 Å². The maximum absolute atomic E-state index is 4.58. The SMILES string of the molecule is c1ccc2c(c1)ccn1c(-c3ccc4ccc(-c5cccc6c5sc5ccccc56)cc4c3)nnc21. The van der Waals surface area contributed by atoms with Crippen LogP contribution in [0.1, 0.15) is 0 Å². The lowest BCUT2D eigenvalue weighted by atomic mass is 9.98. The smallest absolute Gasteiger partial charge is 0.168 e. The maximum atomic E-state index is 4.58. The van der Waals surface area contributed by atoms with Crippen LogP contribution in [0, 0.1) is 0 Å². The van der Waals surface area contributed by atoms with Crippen molar-refractivity contribution in [3.8, 4) is 22.5 Å². The highest BCUT2D eigenvalue weighted by atomic mass is 32.1. The third kappa shape index (κ3) is 2.85. The number of thiophene rings is 1. The van der Waals surface area contributed by atoms with Crippen molar-refractivity contribution in [2.75, 3.05) is 0 Å². The molecule has 36 heavy (non-hydrogen) atoms. The first-order chi connectivity index (χ1) is 17.8. The zero-order valence-electron chi connectivity index (χ0n) is 19.2. The molecule has 0 saturated heterocycles. The van der Waals surface area contributed by atoms with Crippen LogP contribution in [0.2, 0.25) is 0 Å². The number of aromatic nitrogens is 3. The fourth-order valence-corrected chi connectivity index (χ4v) is 6.58. The van der Waals surface area contributed by atoms with E-state index in [4.69, 9.17) is 0 Å². The standard InChI is InChI=1S/C32H19N3S/c1-2-7-26-21(6-1)16-17-35-31(33-34-32(26)35)23-15-13-20-12-14-22(18-24(20)19-23)25-9-5-10-28-27-8-3-4-11-29(27)36-30(25)28/h1-19H. The monoisotopic (exact) mass is 477 g/mol. The van der Waals surface area contributed by atoms with Gasteiger partial charge in [-0.25, -0.2) is 0 Å². The highest BCUT2D eigenvalue weighted by molar-refractivity contribution is 7.26. The zero-order chi connectivity index (χ0) is 23.6. The minimum Gasteiger partial charge on any atom is -0.282 e. The van der Waals surface area contributed by atoms with Gasteiger partial charge in [-0.1, -0.05) is 84.9 Å². The lowest BCUT2D eigenvalue weighted by Crippen LogP contribution is -1.90. The van der Waals surface area contributed by atoms with Crippen molar-refractivity contribution < 1.29 is 0 Å². The third-order valence-electron chi connectivity index (χ3n) is 7.11. The molecule has 3 aromatic heterocycles. The molecule has 5 aromatic carbocycles. The molecule has 0 aliphatic rings. The molecule has 0 aliphatic heterocycles. The summed E-state index contributed by atoms with van der Waals surface area (Å²) in [5, 5.41) is 16.5. The molecule has 3 heterocycles. The summed E-state index contributed by atoms with van der Waals surface area (Å²) in [5.41, 5.74) is 4.45. The Morgan fingerprint density at radius 1 is 0.556 bits per heavy atom. The van der Waals surface area contributed by atoms with Crippen molar-refractivity contribution in [2.24, 2.45) is 0 Å². The van der Waals surface area contributed by atoms with E-state index in [-0.39, 0.29) is 0 Å². The van der Waals surface area contributed by atoms with Crippen molar-refractivity contribution >= 4 is 58.7 Å². The van der Waals surface area contributed by atoms with Crippen LogP contribution in [-0.2, 0) is 0 Å². The Balaban J connectivity index is 1.30. The first-order valence-corrected chi connectivity index (χ1v) is 12.8. The summed E-state index contributed by atoms with van der Waals surface area (Å²) in [6, 6.07) is 39.0. The van der Waals surface area contributed by atoms with E-state index in [1.54, 1.807) is 0 Å². The molecule has 8 rings (SSSR count). The van der Waals surface area contributed by atoms with Crippen molar-refractivity contribution in [3.63, 3.8) is 0 Å². The Hall–Kier alpha value is -4.54. The van der Waals surface area contributed by atoms with E-state index < -0.39 is 0 Å². The minimum absolute atomic E-state index is 0.856. The van der Waals surface area contributed by atoms with Crippen LogP contribution in [0.5, 0.6) is 0 Å². The van der Waals surface area contributed by atoms with Crippen molar-refractivity contribution in [1.29, 1.82) is 0 Å². The van der Waals surface area contributed by atoms with Gasteiger partial charge in [0.05, 0.1) is 0 Å². The van der Waals surface area contributed by atoms with Crippen LogP contribution < -0.4 is 0 Å². The molecular weight excluding hydrogens is 458 g/mol. The van der Waals surface area contributed by atoms with Gasteiger partial charge in [0.2, 0.25) is 0 Å². The van der Waals surface area contributed by atoms with Gasteiger partial charge < -0.3 is 0 Å². The molecule has 0 fully saturated rings. The topological polar surface area (TPSA) is 30.2 Å². The molecule has 0 bridgehead atoms. The van der Waals surface area contributed by atoms with Crippen molar-refractivity contribution in [3.05, 3.63) is 115 Å². The maximum Gasteiger partial charge on any atom is 0.168 e. The molecule has 0 aliphatic carbocycles. The fourth-order valence-electron chi connectivity index (χ4n) is 5.34. The van der Waals surface area contributed by atoms with Crippen molar-refractivity contribution in [1.82, 2.24) is 14.6 Å². The summed E-state index contributed by atoms with van der Waals surface area (Å²) in [7, 11) is 0. The fraction of sp³-hybridized carbons (Fsp3) is 0. The molecule has 0 N–H and O–H groups in total. The largest absolute Gasteiger partial charge is 0.282 e. The molecule has 0 spiro atoms. The van der Waals surface area contributed by atoms with E-state index in [9.17, 15) is 0 Å². The molecule has 0 radical (unpaired) electrons. The van der Waals surface area contributed by atoms with Crippen LogP contribution in [0.3, 0.4) is 0 Å². The zero-order valence-corrected chi connectivity index (χ0v) is 20.0. The van der Waals surface area contributed by atoms with Gasteiger partial charge >= 0.3 is 0 Å². The van der Waals surface area contributed by atoms with Crippen LogP contribution in [0.25, 0.3) is 69.9 Å². The average Bonchev–Trinajstić information content (AvgIpc) is 3.54. The quantitative estimate of drug-likeness (QED) is 0.249. The second kappa shape index (κ2) is 7.48. The number of hydrogen-bond acceptors (Lipinski definition) is 3. The summed E-state index contributed by atoms with van der Waals surface area (Å²) in [6.45, 7) is 0. The van der Waals surface area contributed by atoms with E-state index in [1.807, 2.05) is 17.4 Å². The van der Waals surface area contributed by atoms with Gasteiger partial charge in [-0.05, 0) is 51.6 Å². The Labute approximate surface area is 210 Å². The number of benzene rings is 5. The van der Waals surface area contributed by atoms with E-state index in [1.165, 1.54) is 47.5 Å².